The monoisotopic (exact) mass is 678 g/mol. The van der Waals surface area contributed by atoms with Gasteiger partial charge in [-0.1, -0.05) is 85.6 Å². The third kappa shape index (κ3) is 8.93. The van der Waals surface area contributed by atoms with E-state index in [0.717, 1.165) is 46.6 Å². The number of carbonyl (C=O) groups is 1. The number of phenolic OH excluding ortho intramolecular Hbond substituents is 1. The summed E-state index contributed by atoms with van der Waals surface area (Å²) in [6, 6.07) is 32.5. The van der Waals surface area contributed by atoms with E-state index in [1.54, 1.807) is 12.1 Å². The van der Waals surface area contributed by atoms with Gasteiger partial charge >= 0.3 is 13.1 Å². The Balaban J connectivity index is 1.14. The maximum atomic E-state index is 12.4. The fourth-order valence-electron chi connectivity index (χ4n) is 7.10. The fraction of sp³-hybridized carbons (Fsp3) is 0.375. The van der Waals surface area contributed by atoms with Crippen molar-refractivity contribution in [3.63, 3.8) is 0 Å². The van der Waals surface area contributed by atoms with Gasteiger partial charge in [-0.2, -0.15) is 0 Å². The van der Waals surface area contributed by atoms with E-state index in [4.69, 9.17) is 15.2 Å². The Bertz CT molecular complexity index is 1670. The van der Waals surface area contributed by atoms with Crippen molar-refractivity contribution < 1.29 is 34.5 Å². The number of phenols is 1. The average molecular weight is 679 g/mol. The number of unbranched alkanes of at least 4 members (excludes halogenated alkanes) is 1. The average Bonchev–Trinajstić information content (AvgIpc) is 3.60. The molecule has 262 valence electrons. The van der Waals surface area contributed by atoms with E-state index in [9.17, 15) is 25.1 Å². The Morgan fingerprint density at radius 1 is 0.820 bits per heavy atom. The van der Waals surface area contributed by atoms with Gasteiger partial charge in [0.2, 0.25) is 0 Å². The number of hydrogen-bond acceptors (Lipinski definition) is 8. The summed E-state index contributed by atoms with van der Waals surface area (Å²) in [6.07, 6.45) is 3.92. The van der Waals surface area contributed by atoms with Gasteiger partial charge in [-0.3, -0.25) is 9.69 Å². The van der Waals surface area contributed by atoms with Crippen molar-refractivity contribution in [1.29, 1.82) is 0 Å². The molecule has 1 aliphatic carbocycles. The molecular weight excluding hydrogens is 631 g/mol. The molecule has 0 spiro atoms. The lowest BCUT2D eigenvalue weighted by Gasteiger charge is -2.49. The number of carboxylic acids is 1. The van der Waals surface area contributed by atoms with Crippen LogP contribution in [0.5, 0.6) is 11.5 Å². The summed E-state index contributed by atoms with van der Waals surface area (Å²) < 4.78 is 11.4. The van der Waals surface area contributed by atoms with Crippen molar-refractivity contribution in [3.8, 4) is 33.8 Å². The van der Waals surface area contributed by atoms with E-state index in [1.807, 2.05) is 24.3 Å². The molecule has 6 rings (SSSR count). The van der Waals surface area contributed by atoms with Crippen molar-refractivity contribution in [3.05, 3.63) is 108 Å². The summed E-state index contributed by atoms with van der Waals surface area (Å²) in [5.41, 5.74) is 11.9. The summed E-state index contributed by atoms with van der Waals surface area (Å²) >= 11 is 0. The van der Waals surface area contributed by atoms with Crippen LogP contribution in [0.2, 0.25) is 6.32 Å². The third-order valence-electron chi connectivity index (χ3n) is 10.3. The van der Waals surface area contributed by atoms with Gasteiger partial charge in [0.15, 0.2) is 0 Å². The van der Waals surface area contributed by atoms with Crippen LogP contribution in [0.4, 0.5) is 0 Å². The second kappa shape index (κ2) is 16.2. The standard InChI is InChI=1S/C40H47BN2O7/c42-40(39(45)46,20-1-2-21-41(47)48)34-23-35(24-34)43(25-28-3-7-30(8-4-28)32-11-15-36(44)16-12-32)26-29-5-9-31(10-6-29)33-13-17-37(18-14-33)50-38-19-22-49-27-38/h3-18,34-35,38,44,47-48H,1-2,19-27,42H2,(H,45,46)/t34-,35+,38?,40?. The van der Waals surface area contributed by atoms with Crippen LogP contribution >= 0.6 is 0 Å². The molecule has 1 saturated heterocycles. The molecule has 50 heavy (non-hydrogen) atoms. The number of benzene rings is 4. The van der Waals surface area contributed by atoms with Gasteiger partial charge in [-0.05, 0) is 89.1 Å². The number of ether oxygens (including phenoxy) is 2. The van der Waals surface area contributed by atoms with Crippen LogP contribution < -0.4 is 10.5 Å². The van der Waals surface area contributed by atoms with Crippen LogP contribution in [-0.4, -0.2) is 69.1 Å². The highest BCUT2D eigenvalue weighted by Gasteiger charge is 2.49. The second-order valence-electron chi connectivity index (χ2n) is 13.9. The Hall–Kier alpha value is -4.19. The topological polar surface area (TPSA) is 146 Å². The highest BCUT2D eigenvalue weighted by molar-refractivity contribution is 6.40. The molecule has 0 amide bonds. The maximum Gasteiger partial charge on any atom is 0.451 e. The van der Waals surface area contributed by atoms with E-state index < -0.39 is 18.6 Å². The number of carboxylic acid groups (broad SMARTS) is 1. The summed E-state index contributed by atoms with van der Waals surface area (Å²) in [6.45, 7) is 2.78. The molecule has 2 atom stereocenters. The van der Waals surface area contributed by atoms with Crippen molar-refractivity contribution in [2.24, 2.45) is 11.7 Å². The Morgan fingerprint density at radius 3 is 1.82 bits per heavy atom. The first kappa shape index (κ1) is 35.6. The number of hydrogen-bond donors (Lipinski definition) is 5. The zero-order chi connectivity index (χ0) is 35.1. The van der Waals surface area contributed by atoms with Crippen molar-refractivity contribution >= 4 is 13.1 Å². The van der Waals surface area contributed by atoms with Crippen LogP contribution in [0.1, 0.15) is 49.7 Å². The predicted octanol–water partition coefficient (Wildman–Crippen LogP) is 6.10. The molecule has 2 unspecified atom stereocenters. The number of nitrogens with zero attached hydrogens (tertiary/aromatic N) is 1. The van der Waals surface area contributed by atoms with Gasteiger partial charge in [0.05, 0.1) is 13.2 Å². The predicted molar refractivity (Wildman–Crippen MR) is 194 cm³/mol. The van der Waals surface area contributed by atoms with Crippen LogP contribution in [0, 0.1) is 5.92 Å². The maximum absolute atomic E-state index is 12.4. The largest absolute Gasteiger partial charge is 0.508 e. The van der Waals surface area contributed by atoms with E-state index in [-0.39, 0.29) is 30.1 Å². The van der Waals surface area contributed by atoms with Gasteiger partial charge in [0.25, 0.3) is 0 Å². The second-order valence-corrected chi connectivity index (χ2v) is 13.9. The lowest BCUT2D eigenvalue weighted by molar-refractivity contribution is -0.149. The number of aromatic hydroxyl groups is 1. The number of nitrogens with two attached hydrogens (primary N) is 1. The molecule has 6 N–H and O–H groups in total. The zero-order valence-electron chi connectivity index (χ0n) is 28.4. The number of rotatable bonds is 16. The molecular formula is C40H47BN2O7. The molecule has 0 aromatic heterocycles. The smallest absolute Gasteiger partial charge is 0.451 e. The van der Waals surface area contributed by atoms with E-state index in [2.05, 4.69) is 65.6 Å². The minimum Gasteiger partial charge on any atom is -0.508 e. The summed E-state index contributed by atoms with van der Waals surface area (Å²) in [5.74, 6) is -0.0810. The summed E-state index contributed by atoms with van der Waals surface area (Å²) in [7, 11) is -1.39. The van der Waals surface area contributed by atoms with Crippen LogP contribution in [0.15, 0.2) is 97.1 Å². The van der Waals surface area contributed by atoms with Gasteiger partial charge in [0.1, 0.15) is 23.1 Å². The third-order valence-corrected chi connectivity index (χ3v) is 10.3. The van der Waals surface area contributed by atoms with Gasteiger partial charge < -0.3 is 35.5 Å². The van der Waals surface area contributed by atoms with Crippen LogP contribution in [-0.2, 0) is 22.6 Å². The van der Waals surface area contributed by atoms with E-state index in [1.165, 1.54) is 5.56 Å². The molecule has 0 radical (unpaired) electrons. The lowest BCUT2D eigenvalue weighted by Crippen LogP contribution is -2.61. The van der Waals surface area contributed by atoms with E-state index in [0.29, 0.717) is 51.8 Å². The minimum absolute atomic E-state index is 0.114. The summed E-state index contributed by atoms with van der Waals surface area (Å²) in [4.78, 5) is 14.8. The first-order chi connectivity index (χ1) is 24.2. The SMILES string of the molecule is NC(CCCCB(O)O)(C(=O)O)[C@H]1C[C@@H](N(Cc2ccc(-c3ccc(O)cc3)cc2)Cc2ccc(-c3ccc(OC4CCOC4)cc3)cc2)C1. The van der Waals surface area contributed by atoms with Crippen LogP contribution in [0.3, 0.4) is 0 Å². The van der Waals surface area contributed by atoms with Crippen molar-refractivity contribution in [1.82, 2.24) is 4.90 Å². The first-order valence-electron chi connectivity index (χ1n) is 17.6. The fourth-order valence-corrected chi connectivity index (χ4v) is 7.10. The highest BCUT2D eigenvalue weighted by atomic mass is 16.5. The van der Waals surface area contributed by atoms with Crippen molar-refractivity contribution in [2.75, 3.05) is 13.2 Å². The van der Waals surface area contributed by atoms with Crippen molar-refractivity contribution in [2.45, 2.75) is 75.6 Å². The molecule has 4 aromatic rings. The molecule has 1 heterocycles. The highest BCUT2D eigenvalue weighted by Crippen LogP contribution is 2.42. The Kier molecular flexibility index (Phi) is 11.6. The minimum atomic E-state index is -1.39. The number of aliphatic carboxylic acids is 1. The van der Waals surface area contributed by atoms with Crippen LogP contribution in [0.25, 0.3) is 22.3 Å². The molecule has 1 aliphatic heterocycles. The molecule has 0 bridgehead atoms. The summed E-state index contributed by atoms with van der Waals surface area (Å²) in [5, 5.41) is 38.2. The molecule has 4 aromatic carbocycles. The van der Waals surface area contributed by atoms with Gasteiger partial charge in [0, 0.05) is 25.6 Å². The molecule has 9 nitrogen and oxygen atoms in total. The Labute approximate surface area is 294 Å². The Morgan fingerprint density at radius 2 is 1.34 bits per heavy atom. The van der Waals surface area contributed by atoms with Gasteiger partial charge in [-0.25, -0.2) is 0 Å². The lowest BCUT2D eigenvalue weighted by atomic mass is 9.65. The normalized spacial score (nSPS) is 19.9. The molecule has 10 heteroatoms. The first-order valence-corrected chi connectivity index (χ1v) is 17.6. The van der Waals surface area contributed by atoms with Gasteiger partial charge in [-0.15, -0.1) is 0 Å². The molecule has 1 saturated carbocycles. The zero-order valence-corrected chi connectivity index (χ0v) is 28.4. The quantitative estimate of drug-likeness (QED) is 0.0701. The molecule has 2 aliphatic rings. The molecule has 2 fully saturated rings. The van der Waals surface area contributed by atoms with E-state index >= 15 is 0 Å².